The molecule has 2 aromatic heterocycles. The largest absolute Gasteiger partial charge is 0.481 e. The molecule has 0 radical (unpaired) electrons. The number of halogens is 2. The first-order valence-electron chi connectivity index (χ1n) is 7.16. The molecule has 1 unspecified atom stereocenters. The first kappa shape index (κ1) is 17.7. The van der Waals surface area contributed by atoms with Crippen molar-refractivity contribution >= 4 is 35.6 Å². The van der Waals surface area contributed by atoms with E-state index in [0.29, 0.717) is 35.9 Å². The molecule has 1 N–H and O–H groups in total. The first-order chi connectivity index (χ1) is 10.5. The summed E-state index contributed by atoms with van der Waals surface area (Å²) in [6, 6.07) is 4.87. The van der Waals surface area contributed by atoms with Crippen LogP contribution in [-0.2, 0) is 11.3 Å². The van der Waals surface area contributed by atoms with Gasteiger partial charge in [-0.15, -0.1) is 12.4 Å². The number of rotatable bonds is 3. The molecule has 23 heavy (non-hydrogen) atoms. The van der Waals surface area contributed by atoms with Crippen molar-refractivity contribution in [3.05, 3.63) is 45.5 Å². The number of hydrogen-bond donors (Lipinski definition) is 1. The molecule has 0 bridgehead atoms. The van der Waals surface area contributed by atoms with Crippen molar-refractivity contribution in [1.29, 1.82) is 0 Å². The summed E-state index contributed by atoms with van der Waals surface area (Å²) < 4.78 is 1.40. The van der Waals surface area contributed by atoms with E-state index in [4.69, 9.17) is 16.7 Å². The van der Waals surface area contributed by atoms with Gasteiger partial charge in [-0.25, -0.2) is 4.98 Å². The predicted octanol–water partition coefficient (Wildman–Crippen LogP) is 2.07. The lowest BCUT2D eigenvalue weighted by Crippen LogP contribution is -2.38. The minimum atomic E-state index is -0.758. The zero-order valence-corrected chi connectivity index (χ0v) is 13.9. The van der Waals surface area contributed by atoms with Gasteiger partial charge in [0.25, 0.3) is 5.56 Å². The van der Waals surface area contributed by atoms with E-state index in [9.17, 15) is 9.59 Å². The molecule has 1 aliphatic heterocycles. The fraction of sp³-hybridized carbons (Fsp3) is 0.400. The number of nitrogens with zero attached hydrogens (tertiary/aromatic N) is 3. The fourth-order valence-corrected chi connectivity index (χ4v) is 3.00. The molecular formula is C15H17Cl2N3O3. The van der Waals surface area contributed by atoms with E-state index in [-0.39, 0.29) is 23.9 Å². The molecule has 1 fully saturated rings. The Hall–Kier alpha value is -1.63. The van der Waals surface area contributed by atoms with Crippen LogP contribution in [0.4, 0.5) is 0 Å². The number of carboxylic acids is 1. The van der Waals surface area contributed by atoms with Crippen molar-refractivity contribution in [2.75, 3.05) is 13.1 Å². The Morgan fingerprint density at radius 1 is 1.43 bits per heavy atom. The molecule has 0 aromatic carbocycles. The number of aromatic nitrogens is 2. The van der Waals surface area contributed by atoms with E-state index in [2.05, 4.69) is 4.98 Å². The monoisotopic (exact) mass is 357 g/mol. The van der Waals surface area contributed by atoms with Gasteiger partial charge < -0.3 is 5.11 Å². The van der Waals surface area contributed by atoms with E-state index < -0.39 is 5.97 Å². The number of piperidine rings is 1. The second kappa shape index (κ2) is 7.29. The van der Waals surface area contributed by atoms with Crippen molar-refractivity contribution < 1.29 is 9.90 Å². The van der Waals surface area contributed by atoms with Crippen LogP contribution in [0.5, 0.6) is 0 Å². The molecular weight excluding hydrogens is 341 g/mol. The third-order valence-electron chi connectivity index (χ3n) is 3.92. The second-order valence-corrected chi connectivity index (χ2v) is 6.01. The normalized spacial score (nSPS) is 18.6. The predicted molar refractivity (Wildman–Crippen MR) is 89.4 cm³/mol. The average molecular weight is 358 g/mol. The Morgan fingerprint density at radius 2 is 2.22 bits per heavy atom. The van der Waals surface area contributed by atoms with Crippen LogP contribution in [-0.4, -0.2) is 38.4 Å². The van der Waals surface area contributed by atoms with Gasteiger partial charge in [0.2, 0.25) is 0 Å². The van der Waals surface area contributed by atoms with Gasteiger partial charge in [0.15, 0.2) is 0 Å². The number of fused-ring (bicyclic) bond motifs is 1. The molecule has 0 saturated carbocycles. The van der Waals surface area contributed by atoms with Gasteiger partial charge in [-0.3, -0.25) is 18.9 Å². The highest BCUT2D eigenvalue weighted by atomic mass is 35.5. The van der Waals surface area contributed by atoms with Gasteiger partial charge in [-0.2, -0.15) is 0 Å². The van der Waals surface area contributed by atoms with Crippen LogP contribution < -0.4 is 5.56 Å². The van der Waals surface area contributed by atoms with E-state index in [0.717, 1.165) is 13.0 Å². The zero-order chi connectivity index (χ0) is 15.7. The Balaban J connectivity index is 0.00000192. The summed E-state index contributed by atoms with van der Waals surface area (Å²) in [6.45, 7) is 1.81. The van der Waals surface area contributed by atoms with Gasteiger partial charge in [-0.05, 0) is 31.5 Å². The quantitative estimate of drug-likeness (QED) is 0.909. The molecule has 0 spiro atoms. The van der Waals surface area contributed by atoms with Crippen LogP contribution in [0.15, 0.2) is 29.2 Å². The van der Waals surface area contributed by atoms with Gasteiger partial charge in [0, 0.05) is 25.4 Å². The summed E-state index contributed by atoms with van der Waals surface area (Å²) >= 11 is 5.88. The lowest BCUT2D eigenvalue weighted by atomic mass is 9.98. The smallest absolute Gasteiger partial charge is 0.307 e. The average Bonchev–Trinajstić information content (AvgIpc) is 2.48. The zero-order valence-electron chi connectivity index (χ0n) is 12.3. The van der Waals surface area contributed by atoms with Crippen molar-refractivity contribution in [2.24, 2.45) is 5.92 Å². The summed E-state index contributed by atoms with van der Waals surface area (Å²) in [5.74, 6) is -1.10. The molecule has 1 aliphatic rings. The molecule has 3 rings (SSSR count). The number of aliphatic carboxylic acids is 1. The highest BCUT2D eigenvalue weighted by molar-refractivity contribution is 6.30. The Bertz CT molecular complexity index is 778. The minimum absolute atomic E-state index is 0. The lowest BCUT2D eigenvalue weighted by molar-refractivity contribution is -0.143. The summed E-state index contributed by atoms with van der Waals surface area (Å²) in [5.41, 5.74) is 1.01. The highest BCUT2D eigenvalue weighted by Gasteiger charge is 2.25. The number of carbonyl (C=O) groups is 1. The maximum atomic E-state index is 12.1. The van der Waals surface area contributed by atoms with E-state index in [1.807, 2.05) is 4.90 Å². The van der Waals surface area contributed by atoms with Gasteiger partial charge >= 0.3 is 5.97 Å². The summed E-state index contributed by atoms with van der Waals surface area (Å²) in [6.07, 6.45) is 3.09. The van der Waals surface area contributed by atoms with Crippen molar-refractivity contribution in [3.63, 3.8) is 0 Å². The summed E-state index contributed by atoms with van der Waals surface area (Å²) in [7, 11) is 0. The SMILES string of the molecule is Cl.O=C(O)C1CCCN(Cc2cc(=O)n3cc(Cl)ccc3n2)C1. The van der Waals surface area contributed by atoms with Crippen molar-refractivity contribution in [3.8, 4) is 0 Å². The third kappa shape index (κ3) is 4.02. The van der Waals surface area contributed by atoms with Crippen molar-refractivity contribution in [2.45, 2.75) is 19.4 Å². The molecule has 2 aromatic rings. The number of hydrogen-bond acceptors (Lipinski definition) is 4. The number of pyridine rings is 1. The molecule has 3 heterocycles. The topological polar surface area (TPSA) is 74.9 Å². The Labute approximate surface area is 144 Å². The molecule has 1 saturated heterocycles. The maximum absolute atomic E-state index is 12.1. The highest BCUT2D eigenvalue weighted by Crippen LogP contribution is 2.18. The third-order valence-corrected chi connectivity index (χ3v) is 4.14. The maximum Gasteiger partial charge on any atom is 0.307 e. The van der Waals surface area contributed by atoms with E-state index >= 15 is 0 Å². The van der Waals surface area contributed by atoms with Crippen LogP contribution in [0.3, 0.4) is 0 Å². The molecule has 124 valence electrons. The summed E-state index contributed by atoms with van der Waals surface area (Å²) in [5, 5.41) is 9.60. The molecule has 0 aliphatic carbocycles. The first-order valence-corrected chi connectivity index (χ1v) is 7.54. The summed E-state index contributed by atoms with van der Waals surface area (Å²) in [4.78, 5) is 29.7. The molecule has 1 atom stereocenters. The van der Waals surface area contributed by atoms with Crippen LogP contribution in [0.2, 0.25) is 5.02 Å². The van der Waals surface area contributed by atoms with Crippen LogP contribution in [0, 0.1) is 5.92 Å². The Morgan fingerprint density at radius 3 is 2.96 bits per heavy atom. The van der Waals surface area contributed by atoms with Crippen LogP contribution >= 0.6 is 24.0 Å². The standard InChI is InChI=1S/C15H16ClN3O3.ClH/c16-11-3-4-13-17-12(6-14(20)19(13)8-11)9-18-5-1-2-10(7-18)15(21)22;/h3-4,6,8,10H,1-2,5,7,9H2,(H,21,22);1H. The minimum Gasteiger partial charge on any atom is -0.481 e. The van der Waals surface area contributed by atoms with Crippen LogP contribution in [0.25, 0.3) is 5.65 Å². The molecule has 8 heteroatoms. The van der Waals surface area contributed by atoms with Crippen LogP contribution in [0.1, 0.15) is 18.5 Å². The van der Waals surface area contributed by atoms with Crippen molar-refractivity contribution in [1.82, 2.24) is 14.3 Å². The number of carboxylic acid groups (broad SMARTS) is 1. The molecule has 0 amide bonds. The lowest BCUT2D eigenvalue weighted by Gasteiger charge is -2.30. The number of likely N-dealkylation sites (tertiary alicyclic amines) is 1. The van der Waals surface area contributed by atoms with Gasteiger partial charge in [0.05, 0.1) is 16.6 Å². The fourth-order valence-electron chi connectivity index (χ4n) is 2.84. The second-order valence-electron chi connectivity index (χ2n) is 5.57. The van der Waals surface area contributed by atoms with E-state index in [1.165, 1.54) is 16.7 Å². The van der Waals surface area contributed by atoms with Gasteiger partial charge in [-0.1, -0.05) is 11.6 Å². The Kier molecular flexibility index (Phi) is 5.62. The van der Waals surface area contributed by atoms with E-state index in [1.54, 1.807) is 12.1 Å². The molecule has 6 nitrogen and oxygen atoms in total. The van der Waals surface area contributed by atoms with Gasteiger partial charge in [0.1, 0.15) is 5.65 Å².